The van der Waals surface area contributed by atoms with E-state index in [2.05, 4.69) is 25.8 Å². The van der Waals surface area contributed by atoms with Crippen LogP contribution in [0.3, 0.4) is 0 Å². The van der Waals surface area contributed by atoms with Crippen molar-refractivity contribution in [2.45, 2.75) is 11.3 Å². The van der Waals surface area contributed by atoms with Gasteiger partial charge < -0.3 is 16.4 Å². The summed E-state index contributed by atoms with van der Waals surface area (Å²) in [6, 6.07) is 3.87. The molecule has 0 atom stereocenters. The second-order valence-electron chi connectivity index (χ2n) is 4.14. The second kappa shape index (κ2) is 7.79. The Labute approximate surface area is 130 Å². The lowest BCUT2D eigenvalue weighted by Crippen LogP contribution is -2.30. The summed E-state index contributed by atoms with van der Waals surface area (Å²) in [5.74, 6) is 1.09. The molecular formula is C12H16N6OS2. The first kappa shape index (κ1) is 15.5. The van der Waals surface area contributed by atoms with Crippen LogP contribution in [0.4, 0.5) is 10.9 Å². The number of aromatic nitrogens is 3. The van der Waals surface area contributed by atoms with Gasteiger partial charge in [0.2, 0.25) is 11.0 Å². The number of amides is 1. The van der Waals surface area contributed by atoms with Gasteiger partial charge >= 0.3 is 0 Å². The number of thioether (sulfide) groups is 1. The van der Waals surface area contributed by atoms with Crippen molar-refractivity contribution in [2.75, 3.05) is 29.9 Å². The smallest absolute Gasteiger partial charge is 0.230 e. The summed E-state index contributed by atoms with van der Waals surface area (Å²) in [6.07, 6.45) is 1.73. The average Bonchev–Trinajstić information content (AvgIpc) is 2.89. The summed E-state index contributed by atoms with van der Waals surface area (Å²) in [5, 5.41) is 13.9. The Morgan fingerprint density at radius 3 is 3.00 bits per heavy atom. The second-order valence-corrected chi connectivity index (χ2v) is 6.37. The number of hydrogen-bond donors (Lipinski definition) is 3. The van der Waals surface area contributed by atoms with Crippen LogP contribution >= 0.6 is 23.1 Å². The normalized spacial score (nSPS) is 10.3. The maximum atomic E-state index is 11.7. The van der Waals surface area contributed by atoms with Crippen molar-refractivity contribution in [1.29, 1.82) is 0 Å². The summed E-state index contributed by atoms with van der Waals surface area (Å²) in [4.78, 5) is 15.9. The Morgan fingerprint density at radius 2 is 2.29 bits per heavy atom. The highest BCUT2D eigenvalue weighted by molar-refractivity contribution is 8.01. The molecule has 9 heteroatoms. The molecule has 2 aromatic heterocycles. The molecule has 2 heterocycles. The largest absolute Gasteiger partial charge is 0.374 e. The van der Waals surface area contributed by atoms with E-state index in [9.17, 15) is 4.79 Å². The maximum Gasteiger partial charge on any atom is 0.230 e. The van der Waals surface area contributed by atoms with E-state index >= 15 is 0 Å². The molecule has 112 valence electrons. The van der Waals surface area contributed by atoms with Gasteiger partial charge in [0.15, 0.2) is 4.34 Å². The van der Waals surface area contributed by atoms with Gasteiger partial charge in [0.1, 0.15) is 5.82 Å². The number of anilines is 2. The van der Waals surface area contributed by atoms with Crippen LogP contribution in [-0.4, -0.2) is 39.9 Å². The molecule has 2 rings (SSSR count). The molecule has 0 bridgehead atoms. The molecule has 0 aliphatic rings. The summed E-state index contributed by atoms with van der Waals surface area (Å²) in [6.45, 7) is 3.14. The predicted molar refractivity (Wildman–Crippen MR) is 85.5 cm³/mol. The average molecular weight is 324 g/mol. The molecule has 0 radical (unpaired) electrons. The van der Waals surface area contributed by atoms with E-state index in [1.807, 2.05) is 19.1 Å². The van der Waals surface area contributed by atoms with E-state index in [0.29, 0.717) is 28.3 Å². The predicted octanol–water partition coefficient (Wildman–Crippen LogP) is 1.14. The minimum absolute atomic E-state index is 0.0479. The van der Waals surface area contributed by atoms with Crippen LogP contribution in [0.5, 0.6) is 0 Å². The summed E-state index contributed by atoms with van der Waals surface area (Å²) < 4.78 is 0.699. The molecule has 2 aromatic rings. The molecule has 0 spiro atoms. The van der Waals surface area contributed by atoms with E-state index in [4.69, 9.17) is 5.73 Å². The third-order valence-electron chi connectivity index (χ3n) is 2.50. The molecule has 7 nitrogen and oxygen atoms in total. The SMILES string of the molecule is Cc1cccnc1NCCNC(=O)CSc1nnc(N)s1. The van der Waals surface area contributed by atoms with E-state index in [-0.39, 0.29) is 5.91 Å². The molecule has 21 heavy (non-hydrogen) atoms. The number of nitrogens with zero attached hydrogens (tertiary/aromatic N) is 3. The van der Waals surface area contributed by atoms with Crippen molar-refractivity contribution in [2.24, 2.45) is 0 Å². The number of hydrogen-bond acceptors (Lipinski definition) is 8. The number of rotatable bonds is 7. The van der Waals surface area contributed by atoms with Crippen LogP contribution in [-0.2, 0) is 4.79 Å². The van der Waals surface area contributed by atoms with Gasteiger partial charge in [-0.3, -0.25) is 4.79 Å². The van der Waals surface area contributed by atoms with Crippen molar-refractivity contribution in [1.82, 2.24) is 20.5 Å². The zero-order valence-corrected chi connectivity index (χ0v) is 13.1. The van der Waals surface area contributed by atoms with Gasteiger partial charge in [-0.1, -0.05) is 29.2 Å². The molecule has 0 saturated carbocycles. The Bertz CT molecular complexity index is 603. The Morgan fingerprint density at radius 1 is 1.43 bits per heavy atom. The first-order chi connectivity index (χ1) is 10.1. The van der Waals surface area contributed by atoms with Crippen LogP contribution in [0.25, 0.3) is 0 Å². The Balaban J connectivity index is 1.62. The zero-order chi connectivity index (χ0) is 15.1. The van der Waals surface area contributed by atoms with Crippen LogP contribution in [0, 0.1) is 6.92 Å². The Hall–Kier alpha value is -1.87. The van der Waals surface area contributed by atoms with Crippen molar-refractivity contribution < 1.29 is 4.79 Å². The number of aryl methyl sites for hydroxylation is 1. The molecule has 0 aliphatic heterocycles. The highest BCUT2D eigenvalue weighted by Gasteiger charge is 2.06. The number of nitrogens with one attached hydrogen (secondary N) is 2. The van der Waals surface area contributed by atoms with Gasteiger partial charge in [0.05, 0.1) is 5.75 Å². The van der Waals surface area contributed by atoms with Crippen LogP contribution in [0.1, 0.15) is 5.56 Å². The van der Waals surface area contributed by atoms with Gasteiger partial charge in [0.25, 0.3) is 0 Å². The summed E-state index contributed by atoms with van der Waals surface area (Å²) in [7, 11) is 0. The zero-order valence-electron chi connectivity index (χ0n) is 11.5. The number of nitrogen functional groups attached to an aromatic ring is 1. The van der Waals surface area contributed by atoms with Gasteiger partial charge in [-0.05, 0) is 18.6 Å². The van der Waals surface area contributed by atoms with Crippen molar-refractivity contribution >= 4 is 40.0 Å². The fourth-order valence-electron chi connectivity index (χ4n) is 1.51. The highest BCUT2D eigenvalue weighted by Crippen LogP contribution is 2.22. The van der Waals surface area contributed by atoms with Gasteiger partial charge in [-0.2, -0.15) is 0 Å². The van der Waals surface area contributed by atoms with Crippen molar-refractivity contribution in [3.8, 4) is 0 Å². The van der Waals surface area contributed by atoms with Crippen LogP contribution < -0.4 is 16.4 Å². The third kappa shape index (κ3) is 5.20. The summed E-state index contributed by atoms with van der Waals surface area (Å²) >= 11 is 2.60. The summed E-state index contributed by atoms with van der Waals surface area (Å²) in [5.41, 5.74) is 6.54. The van der Waals surface area contributed by atoms with Gasteiger partial charge in [-0.25, -0.2) is 4.98 Å². The van der Waals surface area contributed by atoms with E-state index in [1.165, 1.54) is 23.1 Å². The minimum Gasteiger partial charge on any atom is -0.374 e. The first-order valence-corrected chi connectivity index (χ1v) is 8.09. The third-order valence-corrected chi connectivity index (χ3v) is 4.38. The molecular weight excluding hydrogens is 308 g/mol. The van der Waals surface area contributed by atoms with Gasteiger partial charge in [0, 0.05) is 19.3 Å². The minimum atomic E-state index is -0.0479. The monoisotopic (exact) mass is 324 g/mol. The first-order valence-electron chi connectivity index (χ1n) is 6.29. The number of carbonyl (C=O) groups is 1. The number of carbonyl (C=O) groups excluding carboxylic acids is 1. The molecule has 0 aliphatic carbocycles. The molecule has 4 N–H and O–H groups in total. The molecule has 0 unspecified atom stereocenters. The Kier molecular flexibility index (Phi) is 5.76. The lowest BCUT2D eigenvalue weighted by atomic mass is 10.3. The van der Waals surface area contributed by atoms with Crippen molar-refractivity contribution in [3.63, 3.8) is 0 Å². The van der Waals surface area contributed by atoms with E-state index < -0.39 is 0 Å². The van der Waals surface area contributed by atoms with Crippen LogP contribution in [0.15, 0.2) is 22.7 Å². The maximum absolute atomic E-state index is 11.7. The van der Waals surface area contributed by atoms with Crippen LogP contribution in [0.2, 0.25) is 0 Å². The van der Waals surface area contributed by atoms with E-state index in [0.717, 1.165) is 11.4 Å². The van der Waals surface area contributed by atoms with E-state index in [1.54, 1.807) is 6.20 Å². The quantitative estimate of drug-likeness (QED) is 0.518. The fourth-order valence-corrected chi connectivity index (χ4v) is 2.98. The lowest BCUT2D eigenvalue weighted by molar-refractivity contribution is -0.118. The standard InChI is InChI=1S/C12H16N6OS2/c1-8-3-2-4-15-10(8)16-6-5-14-9(19)7-20-12-18-17-11(13)21-12/h2-4H,5-7H2,1H3,(H2,13,17)(H,14,19)(H,15,16). The topological polar surface area (TPSA) is 106 Å². The molecule has 0 fully saturated rings. The molecule has 1 amide bonds. The lowest BCUT2D eigenvalue weighted by Gasteiger charge is -2.08. The fraction of sp³-hybridized carbons (Fsp3) is 0.333. The highest BCUT2D eigenvalue weighted by atomic mass is 32.2. The van der Waals surface area contributed by atoms with Crippen molar-refractivity contribution in [3.05, 3.63) is 23.9 Å². The number of pyridine rings is 1. The van der Waals surface area contributed by atoms with Gasteiger partial charge in [-0.15, -0.1) is 10.2 Å². The molecule has 0 aromatic carbocycles. The molecule has 0 saturated heterocycles. The number of nitrogens with two attached hydrogens (primary N) is 1.